The minimum Gasteiger partial charge on any atom is -0.359 e. The minimum atomic E-state index is -0.641. The predicted octanol–water partition coefficient (Wildman–Crippen LogP) is -0.689. The molecule has 4 N–H and O–H groups in total. The number of amides is 2. The number of anilines is 1. The Balaban J connectivity index is 1.64. The van der Waals surface area contributed by atoms with Crippen LogP contribution in [0, 0.1) is 6.92 Å². The number of carbonyl (C=O) groups excluding carboxylic acids is 2. The highest BCUT2D eigenvalue weighted by molar-refractivity contribution is 7.80. The summed E-state index contributed by atoms with van der Waals surface area (Å²) in [5.41, 5.74) is 1.71. The molecular formula is C19H28N5O2S+. The maximum Gasteiger partial charge on any atom is 0.313 e. The average Bonchev–Trinajstić information content (AvgIpc) is 2.68. The van der Waals surface area contributed by atoms with Crippen molar-refractivity contribution in [2.45, 2.75) is 6.92 Å². The van der Waals surface area contributed by atoms with Gasteiger partial charge in [-0.3, -0.25) is 9.59 Å². The van der Waals surface area contributed by atoms with Crippen LogP contribution in [0.4, 0.5) is 5.69 Å². The van der Waals surface area contributed by atoms with E-state index in [-0.39, 0.29) is 0 Å². The van der Waals surface area contributed by atoms with Crippen molar-refractivity contribution in [3.05, 3.63) is 42.5 Å². The predicted molar refractivity (Wildman–Crippen MR) is 111 cm³/mol. The molecule has 0 spiro atoms. The van der Waals surface area contributed by atoms with Crippen LogP contribution in [0.15, 0.2) is 36.9 Å². The Hall–Kier alpha value is -2.45. The van der Waals surface area contributed by atoms with Crippen LogP contribution in [0.3, 0.4) is 0 Å². The third-order valence-corrected chi connectivity index (χ3v) is 4.84. The second-order valence-electron chi connectivity index (χ2n) is 6.54. The molecule has 1 aromatic rings. The van der Waals surface area contributed by atoms with Gasteiger partial charge in [0.15, 0.2) is 5.11 Å². The van der Waals surface area contributed by atoms with Crippen LogP contribution in [0.2, 0.25) is 0 Å². The van der Waals surface area contributed by atoms with Gasteiger partial charge in [-0.1, -0.05) is 23.8 Å². The third-order valence-electron chi connectivity index (χ3n) is 4.44. The fourth-order valence-electron chi connectivity index (χ4n) is 2.81. The van der Waals surface area contributed by atoms with Gasteiger partial charge in [0.05, 0.1) is 39.3 Å². The molecule has 7 nitrogen and oxygen atoms in total. The lowest BCUT2D eigenvalue weighted by Crippen LogP contribution is -3.15. The van der Waals surface area contributed by atoms with Gasteiger partial charge in [0, 0.05) is 12.2 Å². The smallest absolute Gasteiger partial charge is 0.313 e. The molecule has 146 valence electrons. The van der Waals surface area contributed by atoms with Crippen LogP contribution in [0.25, 0.3) is 0 Å². The zero-order valence-corrected chi connectivity index (χ0v) is 16.5. The van der Waals surface area contributed by atoms with Crippen molar-refractivity contribution in [2.75, 3.05) is 51.1 Å². The molecule has 1 aromatic carbocycles. The number of piperazine rings is 1. The van der Waals surface area contributed by atoms with Gasteiger partial charge in [-0.15, -0.1) is 6.58 Å². The van der Waals surface area contributed by atoms with E-state index in [1.54, 1.807) is 18.2 Å². The molecule has 1 aliphatic rings. The number of carbonyl (C=O) groups is 2. The zero-order valence-electron chi connectivity index (χ0n) is 15.7. The molecule has 0 unspecified atom stereocenters. The van der Waals surface area contributed by atoms with E-state index in [0.717, 1.165) is 43.4 Å². The van der Waals surface area contributed by atoms with Crippen molar-refractivity contribution in [3.8, 4) is 0 Å². The fraction of sp³-hybridized carbons (Fsp3) is 0.421. The number of hydrogen-bond acceptors (Lipinski definition) is 3. The number of quaternary nitrogens is 1. The summed E-state index contributed by atoms with van der Waals surface area (Å²) in [6.07, 6.45) is 1.78. The van der Waals surface area contributed by atoms with Crippen molar-refractivity contribution < 1.29 is 14.5 Å². The Labute approximate surface area is 165 Å². The molecule has 1 fully saturated rings. The summed E-state index contributed by atoms with van der Waals surface area (Å²) in [6.45, 7) is 11.2. The van der Waals surface area contributed by atoms with Crippen LogP contribution >= 0.6 is 12.2 Å². The number of nitrogens with one attached hydrogen (secondary N) is 4. The lowest BCUT2D eigenvalue weighted by Gasteiger charge is -2.33. The molecule has 2 rings (SSSR count). The Kier molecular flexibility index (Phi) is 8.22. The van der Waals surface area contributed by atoms with Crippen LogP contribution in [-0.4, -0.2) is 67.6 Å². The largest absolute Gasteiger partial charge is 0.359 e. The molecule has 0 saturated carbocycles. The number of aryl methyl sites for hydroxylation is 1. The molecule has 1 saturated heterocycles. The van der Waals surface area contributed by atoms with Crippen molar-refractivity contribution >= 4 is 34.8 Å². The molecule has 0 bridgehead atoms. The molecule has 1 heterocycles. The van der Waals surface area contributed by atoms with E-state index in [1.165, 1.54) is 4.90 Å². The molecular weight excluding hydrogens is 362 g/mol. The molecule has 2 amide bonds. The van der Waals surface area contributed by atoms with E-state index < -0.39 is 11.8 Å². The maximum atomic E-state index is 11.9. The highest BCUT2D eigenvalue weighted by atomic mass is 32.1. The van der Waals surface area contributed by atoms with Crippen molar-refractivity contribution in [1.29, 1.82) is 0 Å². The molecule has 0 radical (unpaired) electrons. The van der Waals surface area contributed by atoms with Gasteiger partial charge in [-0.25, -0.2) is 0 Å². The van der Waals surface area contributed by atoms with Gasteiger partial charge in [-0.05, 0) is 31.3 Å². The first kappa shape index (κ1) is 20.9. The lowest BCUT2D eigenvalue weighted by molar-refractivity contribution is -0.902. The summed E-state index contributed by atoms with van der Waals surface area (Å²) in [7, 11) is 0. The monoisotopic (exact) mass is 390 g/mol. The van der Waals surface area contributed by atoms with Crippen molar-refractivity contribution in [2.24, 2.45) is 0 Å². The Morgan fingerprint density at radius 1 is 1.19 bits per heavy atom. The second-order valence-corrected chi connectivity index (χ2v) is 6.92. The first-order valence-electron chi connectivity index (χ1n) is 9.12. The molecule has 0 aliphatic carbocycles. The molecule has 27 heavy (non-hydrogen) atoms. The number of rotatable bonds is 6. The molecule has 0 aromatic heterocycles. The van der Waals surface area contributed by atoms with E-state index in [1.807, 2.05) is 19.1 Å². The number of nitrogens with zero attached hydrogens (tertiary/aromatic N) is 1. The topological polar surface area (TPSA) is 77.9 Å². The highest BCUT2D eigenvalue weighted by Gasteiger charge is 2.21. The number of benzene rings is 1. The van der Waals surface area contributed by atoms with Gasteiger partial charge in [0.25, 0.3) is 0 Å². The van der Waals surface area contributed by atoms with E-state index in [0.29, 0.717) is 18.8 Å². The van der Waals surface area contributed by atoms with Crippen LogP contribution in [0.5, 0.6) is 0 Å². The summed E-state index contributed by atoms with van der Waals surface area (Å²) in [5.74, 6) is -1.25. The van der Waals surface area contributed by atoms with E-state index >= 15 is 0 Å². The van der Waals surface area contributed by atoms with Crippen LogP contribution in [0.1, 0.15) is 5.56 Å². The van der Waals surface area contributed by atoms with Gasteiger partial charge >= 0.3 is 11.8 Å². The highest BCUT2D eigenvalue weighted by Crippen LogP contribution is 2.08. The van der Waals surface area contributed by atoms with E-state index in [9.17, 15) is 9.59 Å². The Morgan fingerprint density at radius 3 is 2.48 bits per heavy atom. The van der Waals surface area contributed by atoms with Gasteiger partial charge in [0.1, 0.15) is 0 Å². The standard InChI is InChI=1S/C19H27N5O2S/c1-3-8-21-19(27)24-13-11-23(12-14-24)10-9-20-17(25)18(26)22-16-6-4-15(2)5-7-16/h3-7H,1,8-14H2,2H3,(H,20,25)(H,21,27)(H,22,26)/p+1. The van der Waals surface area contributed by atoms with Gasteiger partial charge in [0.2, 0.25) is 0 Å². The number of hydrogen-bond donors (Lipinski definition) is 4. The van der Waals surface area contributed by atoms with E-state index in [4.69, 9.17) is 12.2 Å². The van der Waals surface area contributed by atoms with Crippen molar-refractivity contribution in [3.63, 3.8) is 0 Å². The number of thiocarbonyl (C=S) groups is 1. The normalized spacial score (nSPS) is 14.3. The lowest BCUT2D eigenvalue weighted by atomic mass is 10.2. The minimum absolute atomic E-state index is 0.467. The third kappa shape index (κ3) is 6.99. The first-order chi connectivity index (χ1) is 13.0. The summed E-state index contributed by atoms with van der Waals surface area (Å²) < 4.78 is 0. The summed E-state index contributed by atoms with van der Waals surface area (Å²) in [4.78, 5) is 27.4. The van der Waals surface area contributed by atoms with Crippen molar-refractivity contribution in [1.82, 2.24) is 15.5 Å². The van der Waals surface area contributed by atoms with Gasteiger partial charge in [-0.2, -0.15) is 0 Å². The van der Waals surface area contributed by atoms with Crippen LogP contribution in [-0.2, 0) is 9.59 Å². The maximum absolute atomic E-state index is 11.9. The molecule has 1 aliphatic heterocycles. The first-order valence-corrected chi connectivity index (χ1v) is 9.53. The summed E-state index contributed by atoms with van der Waals surface area (Å²) in [5, 5.41) is 9.19. The second kappa shape index (κ2) is 10.6. The Bertz CT molecular complexity index is 669. The van der Waals surface area contributed by atoms with Gasteiger partial charge < -0.3 is 25.8 Å². The summed E-state index contributed by atoms with van der Waals surface area (Å²) in [6, 6.07) is 7.32. The zero-order chi connectivity index (χ0) is 19.6. The SMILES string of the molecule is C=CCNC(=S)N1CC[NH+](CCNC(=O)C(=O)Nc2ccc(C)cc2)CC1. The van der Waals surface area contributed by atoms with E-state index in [2.05, 4.69) is 27.4 Å². The quantitative estimate of drug-likeness (QED) is 0.294. The fourth-order valence-corrected chi connectivity index (χ4v) is 3.07. The average molecular weight is 391 g/mol. The molecule has 0 atom stereocenters. The summed E-state index contributed by atoms with van der Waals surface area (Å²) >= 11 is 5.35. The Morgan fingerprint density at radius 2 is 1.85 bits per heavy atom. The molecule has 8 heteroatoms. The van der Waals surface area contributed by atoms with Crippen LogP contribution < -0.4 is 20.9 Å².